The second-order valence-corrected chi connectivity index (χ2v) is 5.01. The van der Waals surface area contributed by atoms with E-state index in [2.05, 4.69) is 0 Å². The number of ketones is 1. The summed E-state index contributed by atoms with van der Waals surface area (Å²) in [7, 11) is 0. The van der Waals surface area contributed by atoms with Crippen LogP contribution >= 0.6 is 0 Å². The topological polar surface area (TPSA) is 17.1 Å². The Kier molecular flexibility index (Phi) is 3.52. The largest absolute Gasteiger partial charge is 0.289 e. The maximum Gasteiger partial charge on any atom is 0.194 e. The van der Waals surface area contributed by atoms with Gasteiger partial charge in [-0.2, -0.15) is 0 Å². The average Bonchev–Trinajstić information content (AvgIpc) is 2.26. The van der Waals surface area contributed by atoms with Gasteiger partial charge >= 0.3 is 0 Å². The number of aryl methyl sites for hydroxylation is 4. The van der Waals surface area contributed by atoms with Gasteiger partial charge < -0.3 is 0 Å². The third kappa shape index (κ3) is 2.43. The Morgan fingerprint density at radius 3 is 1.74 bits per heavy atom. The molecular formula is C17H17FO. The Morgan fingerprint density at radius 1 is 0.842 bits per heavy atom. The van der Waals surface area contributed by atoms with E-state index in [-0.39, 0.29) is 11.6 Å². The highest BCUT2D eigenvalue weighted by molar-refractivity contribution is 6.12. The number of rotatable bonds is 2. The number of carbonyl (C=O) groups excluding carboxylic acids is 1. The standard InChI is InChI=1S/C17H17FO/c1-10-6-5-7-11(2)15(10)17(19)16-12(3)8-14(18)9-13(16)4/h5-9H,1-4H3. The number of halogens is 1. The summed E-state index contributed by atoms with van der Waals surface area (Å²) in [5.41, 5.74) is 4.61. The van der Waals surface area contributed by atoms with Gasteiger partial charge in [-0.25, -0.2) is 4.39 Å². The van der Waals surface area contributed by atoms with E-state index < -0.39 is 0 Å². The van der Waals surface area contributed by atoms with Crippen LogP contribution < -0.4 is 0 Å². The van der Waals surface area contributed by atoms with Crippen molar-refractivity contribution < 1.29 is 9.18 Å². The summed E-state index contributed by atoms with van der Waals surface area (Å²) in [4.78, 5) is 12.7. The van der Waals surface area contributed by atoms with Crippen LogP contribution in [0.5, 0.6) is 0 Å². The van der Waals surface area contributed by atoms with Gasteiger partial charge in [0, 0.05) is 11.1 Å². The number of hydrogen-bond acceptors (Lipinski definition) is 1. The number of hydrogen-bond donors (Lipinski definition) is 0. The molecule has 98 valence electrons. The molecule has 2 rings (SSSR count). The summed E-state index contributed by atoms with van der Waals surface area (Å²) in [6.45, 7) is 7.40. The van der Waals surface area contributed by atoms with Crippen molar-refractivity contribution in [1.29, 1.82) is 0 Å². The molecule has 0 N–H and O–H groups in total. The van der Waals surface area contributed by atoms with Crippen LogP contribution in [0, 0.1) is 33.5 Å². The molecule has 2 aromatic rings. The normalized spacial score (nSPS) is 10.6. The third-order valence-electron chi connectivity index (χ3n) is 3.43. The molecule has 1 nitrogen and oxygen atoms in total. The zero-order valence-corrected chi connectivity index (χ0v) is 11.7. The molecule has 0 amide bonds. The fraction of sp³-hybridized carbons (Fsp3) is 0.235. The summed E-state index contributed by atoms with van der Waals surface area (Å²) < 4.78 is 13.3. The lowest BCUT2D eigenvalue weighted by atomic mass is 9.90. The van der Waals surface area contributed by atoms with Crippen molar-refractivity contribution in [3.05, 3.63) is 69.5 Å². The second kappa shape index (κ2) is 4.96. The van der Waals surface area contributed by atoms with E-state index in [1.807, 2.05) is 32.0 Å². The van der Waals surface area contributed by atoms with E-state index in [0.717, 1.165) is 16.7 Å². The van der Waals surface area contributed by atoms with Gasteiger partial charge in [0.2, 0.25) is 0 Å². The van der Waals surface area contributed by atoms with Crippen molar-refractivity contribution >= 4 is 5.78 Å². The lowest BCUT2D eigenvalue weighted by molar-refractivity contribution is 0.103. The van der Waals surface area contributed by atoms with Gasteiger partial charge in [-0.15, -0.1) is 0 Å². The fourth-order valence-electron chi connectivity index (χ4n) is 2.57. The quantitative estimate of drug-likeness (QED) is 0.732. The summed E-state index contributed by atoms with van der Waals surface area (Å²) in [5.74, 6) is -0.321. The molecule has 0 saturated carbocycles. The van der Waals surface area contributed by atoms with Crippen molar-refractivity contribution in [2.24, 2.45) is 0 Å². The molecule has 0 atom stereocenters. The molecule has 0 unspecified atom stereocenters. The Balaban J connectivity index is 2.64. The summed E-state index contributed by atoms with van der Waals surface area (Å²) in [6.07, 6.45) is 0. The third-order valence-corrected chi connectivity index (χ3v) is 3.43. The molecule has 0 aliphatic heterocycles. The van der Waals surface area contributed by atoms with Crippen molar-refractivity contribution in [1.82, 2.24) is 0 Å². The van der Waals surface area contributed by atoms with E-state index in [9.17, 15) is 9.18 Å². The highest BCUT2D eigenvalue weighted by atomic mass is 19.1. The monoisotopic (exact) mass is 256 g/mol. The first-order valence-corrected chi connectivity index (χ1v) is 6.29. The molecule has 19 heavy (non-hydrogen) atoms. The van der Waals surface area contributed by atoms with Crippen LogP contribution in [0.3, 0.4) is 0 Å². The van der Waals surface area contributed by atoms with Gasteiger partial charge in [0.1, 0.15) is 5.82 Å². The molecule has 0 saturated heterocycles. The summed E-state index contributed by atoms with van der Waals surface area (Å²) in [5, 5.41) is 0. The minimum Gasteiger partial charge on any atom is -0.289 e. The van der Waals surface area contributed by atoms with E-state index >= 15 is 0 Å². The van der Waals surface area contributed by atoms with Crippen molar-refractivity contribution in [2.75, 3.05) is 0 Å². The van der Waals surface area contributed by atoms with Gasteiger partial charge in [0.05, 0.1) is 0 Å². The SMILES string of the molecule is Cc1cccc(C)c1C(=O)c1c(C)cc(F)cc1C. The maximum atomic E-state index is 13.3. The first-order valence-electron chi connectivity index (χ1n) is 6.29. The Labute approximate surface area is 113 Å². The van der Waals surface area contributed by atoms with Crippen molar-refractivity contribution in [2.45, 2.75) is 27.7 Å². The van der Waals surface area contributed by atoms with Crippen LogP contribution in [0.1, 0.15) is 38.2 Å². The molecule has 2 aromatic carbocycles. The van der Waals surface area contributed by atoms with Gasteiger partial charge in [-0.1, -0.05) is 18.2 Å². The van der Waals surface area contributed by atoms with Gasteiger partial charge in [0.15, 0.2) is 5.78 Å². The van der Waals surface area contributed by atoms with Crippen LogP contribution in [0.15, 0.2) is 30.3 Å². The van der Waals surface area contributed by atoms with Crippen molar-refractivity contribution in [3.63, 3.8) is 0 Å². The molecule has 0 aliphatic carbocycles. The van der Waals surface area contributed by atoms with E-state index in [0.29, 0.717) is 16.7 Å². The van der Waals surface area contributed by atoms with E-state index in [1.54, 1.807) is 13.8 Å². The molecule has 0 spiro atoms. The molecule has 0 radical (unpaired) electrons. The molecule has 0 fully saturated rings. The first-order chi connectivity index (χ1) is 8.91. The molecule has 0 heterocycles. The minimum atomic E-state index is -0.298. The van der Waals surface area contributed by atoms with Crippen LogP contribution in [0.25, 0.3) is 0 Å². The summed E-state index contributed by atoms with van der Waals surface area (Å²) >= 11 is 0. The van der Waals surface area contributed by atoms with Crippen molar-refractivity contribution in [3.8, 4) is 0 Å². The summed E-state index contributed by atoms with van der Waals surface area (Å²) in [6, 6.07) is 8.61. The molecular weight excluding hydrogens is 239 g/mol. The predicted octanol–water partition coefficient (Wildman–Crippen LogP) is 4.29. The smallest absolute Gasteiger partial charge is 0.194 e. The van der Waals surface area contributed by atoms with Gasteiger partial charge in [0.25, 0.3) is 0 Å². The Bertz CT molecular complexity index is 613. The maximum absolute atomic E-state index is 13.3. The number of benzene rings is 2. The number of carbonyl (C=O) groups is 1. The fourth-order valence-corrected chi connectivity index (χ4v) is 2.57. The predicted molar refractivity (Wildman–Crippen MR) is 75.2 cm³/mol. The van der Waals surface area contributed by atoms with Crippen LogP contribution in [-0.2, 0) is 0 Å². The minimum absolute atomic E-state index is 0.0226. The molecule has 0 bridgehead atoms. The lowest BCUT2D eigenvalue weighted by Gasteiger charge is -2.13. The Hall–Kier alpha value is -1.96. The zero-order chi connectivity index (χ0) is 14.2. The van der Waals surface area contributed by atoms with E-state index in [1.165, 1.54) is 12.1 Å². The second-order valence-electron chi connectivity index (χ2n) is 5.01. The highest BCUT2D eigenvalue weighted by Crippen LogP contribution is 2.23. The van der Waals surface area contributed by atoms with Crippen LogP contribution in [-0.4, -0.2) is 5.78 Å². The van der Waals surface area contributed by atoms with Crippen LogP contribution in [0.2, 0.25) is 0 Å². The van der Waals surface area contributed by atoms with Gasteiger partial charge in [-0.3, -0.25) is 4.79 Å². The molecule has 2 heteroatoms. The van der Waals surface area contributed by atoms with E-state index in [4.69, 9.17) is 0 Å². The first kappa shape index (κ1) is 13.5. The van der Waals surface area contributed by atoms with Gasteiger partial charge in [-0.05, 0) is 62.1 Å². The van der Waals surface area contributed by atoms with Crippen LogP contribution in [0.4, 0.5) is 4.39 Å². The molecule has 0 aromatic heterocycles. The average molecular weight is 256 g/mol. The molecule has 0 aliphatic rings. The Morgan fingerprint density at radius 2 is 1.26 bits per heavy atom. The lowest BCUT2D eigenvalue weighted by Crippen LogP contribution is -2.10. The highest BCUT2D eigenvalue weighted by Gasteiger charge is 2.18. The zero-order valence-electron chi connectivity index (χ0n) is 11.7.